The summed E-state index contributed by atoms with van der Waals surface area (Å²) in [6.07, 6.45) is 0. The highest BCUT2D eigenvalue weighted by atomic mass is 35.5. The topological polar surface area (TPSA) is 45.2 Å². The molecule has 2 heterocycles. The molecule has 6 heteroatoms. The van der Waals surface area contributed by atoms with Crippen molar-refractivity contribution in [1.82, 2.24) is 9.80 Å². The molecule has 25 heavy (non-hydrogen) atoms. The maximum absolute atomic E-state index is 10.6. The Balaban J connectivity index is 1.76. The highest BCUT2D eigenvalue weighted by Crippen LogP contribution is 2.43. The quantitative estimate of drug-likeness (QED) is 0.911. The van der Waals surface area contributed by atoms with Gasteiger partial charge in [-0.05, 0) is 30.8 Å². The van der Waals surface area contributed by atoms with Crippen molar-refractivity contribution in [2.75, 3.05) is 40.0 Å². The summed E-state index contributed by atoms with van der Waals surface area (Å²) >= 11 is 6.07. The van der Waals surface area contributed by atoms with Crippen LogP contribution in [0.4, 0.5) is 0 Å². The number of phenolic OH excluding ortho intramolecular Hbond substituents is 1. The summed E-state index contributed by atoms with van der Waals surface area (Å²) in [6.45, 7) is 4.04. The predicted octanol–water partition coefficient (Wildman–Crippen LogP) is 3.11. The SMILES string of the molecule is CN1CCN([C@@H](c2ccc(Cl)cc2)c2cc3c(cc2O)OCO3)CC1. The van der Waals surface area contributed by atoms with Gasteiger partial charge >= 0.3 is 0 Å². The molecular weight excluding hydrogens is 340 g/mol. The largest absolute Gasteiger partial charge is 0.507 e. The number of piperazine rings is 1. The van der Waals surface area contributed by atoms with Gasteiger partial charge < -0.3 is 19.5 Å². The number of halogens is 1. The minimum Gasteiger partial charge on any atom is -0.507 e. The van der Waals surface area contributed by atoms with Crippen molar-refractivity contribution < 1.29 is 14.6 Å². The van der Waals surface area contributed by atoms with Crippen molar-refractivity contribution in [3.8, 4) is 17.2 Å². The number of fused-ring (bicyclic) bond motifs is 1. The molecular formula is C19H21ClN2O3. The number of hydrogen-bond donors (Lipinski definition) is 1. The lowest BCUT2D eigenvalue weighted by atomic mass is 9.95. The molecule has 1 N–H and O–H groups in total. The van der Waals surface area contributed by atoms with Gasteiger partial charge in [-0.3, -0.25) is 4.90 Å². The Morgan fingerprint density at radius 1 is 1.00 bits per heavy atom. The summed E-state index contributed by atoms with van der Waals surface area (Å²) in [4.78, 5) is 4.70. The first kappa shape index (κ1) is 16.5. The fraction of sp³-hybridized carbons (Fsp3) is 0.368. The van der Waals surface area contributed by atoms with Crippen LogP contribution in [0.15, 0.2) is 36.4 Å². The fourth-order valence-electron chi connectivity index (χ4n) is 3.48. The third-order valence-electron chi connectivity index (χ3n) is 4.91. The first-order valence-electron chi connectivity index (χ1n) is 8.42. The molecule has 2 aromatic rings. The minimum atomic E-state index is -0.0551. The van der Waals surface area contributed by atoms with Crippen LogP contribution >= 0.6 is 11.6 Å². The van der Waals surface area contributed by atoms with Gasteiger partial charge in [0.15, 0.2) is 11.5 Å². The van der Waals surface area contributed by atoms with E-state index in [2.05, 4.69) is 16.8 Å². The van der Waals surface area contributed by atoms with Crippen LogP contribution in [0.25, 0.3) is 0 Å². The Hall–Kier alpha value is -1.95. The van der Waals surface area contributed by atoms with Crippen LogP contribution in [0.3, 0.4) is 0 Å². The van der Waals surface area contributed by atoms with Gasteiger partial charge in [-0.2, -0.15) is 0 Å². The van der Waals surface area contributed by atoms with Crippen molar-refractivity contribution in [2.24, 2.45) is 0 Å². The predicted molar refractivity (Wildman–Crippen MR) is 96.6 cm³/mol. The number of benzene rings is 2. The van der Waals surface area contributed by atoms with E-state index in [-0.39, 0.29) is 18.6 Å². The molecule has 1 fully saturated rings. The average molecular weight is 361 g/mol. The smallest absolute Gasteiger partial charge is 0.231 e. The summed E-state index contributed by atoms with van der Waals surface area (Å²) in [7, 11) is 2.13. The maximum atomic E-state index is 10.6. The number of nitrogens with zero attached hydrogens (tertiary/aromatic N) is 2. The van der Waals surface area contributed by atoms with E-state index in [0.717, 1.165) is 37.3 Å². The van der Waals surface area contributed by atoms with E-state index in [9.17, 15) is 5.11 Å². The molecule has 0 bridgehead atoms. The molecule has 0 spiro atoms. The number of aromatic hydroxyl groups is 1. The molecule has 1 saturated heterocycles. The number of likely N-dealkylation sites (N-methyl/N-ethyl adjacent to an activating group) is 1. The molecule has 0 saturated carbocycles. The van der Waals surface area contributed by atoms with Crippen molar-refractivity contribution in [1.29, 1.82) is 0 Å². The summed E-state index contributed by atoms with van der Waals surface area (Å²) < 4.78 is 10.9. The summed E-state index contributed by atoms with van der Waals surface area (Å²) in [5.41, 5.74) is 1.93. The second-order valence-corrected chi connectivity index (χ2v) is 6.99. The normalized spacial score (nSPS) is 19.1. The Kier molecular flexibility index (Phi) is 4.46. The van der Waals surface area contributed by atoms with Crippen LogP contribution in [-0.2, 0) is 0 Å². The molecule has 4 rings (SSSR count). The lowest BCUT2D eigenvalue weighted by Gasteiger charge is -2.38. The van der Waals surface area contributed by atoms with Gasteiger partial charge in [-0.25, -0.2) is 0 Å². The molecule has 0 unspecified atom stereocenters. The number of rotatable bonds is 3. The first-order valence-corrected chi connectivity index (χ1v) is 8.80. The lowest BCUT2D eigenvalue weighted by Crippen LogP contribution is -2.46. The van der Waals surface area contributed by atoms with Gasteiger partial charge in [-0.1, -0.05) is 23.7 Å². The van der Waals surface area contributed by atoms with E-state index in [0.29, 0.717) is 16.5 Å². The molecule has 5 nitrogen and oxygen atoms in total. The Bertz CT molecular complexity index is 758. The van der Waals surface area contributed by atoms with Gasteiger partial charge in [0, 0.05) is 42.8 Å². The van der Waals surface area contributed by atoms with Crippen LogP contribution in [0.2, 0.25) is 5.02 Å². The van der Waals surface area contributed by atoms with Crippen molar-refractivity contribution >= 4 is 11.6 Å². The third kappa shape index (κ3) is 3.27. The monoisotopic (exact) mass is 360 g/mol. The van der Waals surface area contributed by atoms with E-state index in [1.807, 2.05) is 30.3 Å². The van der Waals surface area contributed by atoms with Gasteiger partial charge in [0.05, 0.1) is 6.04 Å². The minimum absolute atomic E-state index is 0.0551. The molecule has 0 aromatic heterocycles. The molecule has 0 aliphatic carbocycles. The Morgan fingerprint density at radius 2 is 1.64 bits per heavy atom. The van der Waals surface area contributed by atoms with Gasteiger partial charge in [-0.15, -0.1) is 0 Å². The first-order chi connectivity index (χ1) is 12.1. The highest BCUT2D eigenvalue weighted by molar-refractivity contribution is 6.30. The van der Waals surface area contributed by atoms with Crippen LogP contribution in [0.1, 0.15) is 17.2 Å². The van der Waals surface area contributed by atoms with Crippen LogP contribution in [0, 0.1) is 0 Å². The molecule has 2 aromatic carbocycles. The molecule has 2 aliphatic rings. The zero-order valence-corrected chi connectivity index (χ0v) is 14.9. The Labute approximate surface area is 152 Å². The van der Waals surface area contributed by atoms with Gasteiger partial charge in [0.25, 0.3) is 0 Å². The van der Waals surface area contributed by atoms with E-state index < -0.39 is 0 Å². The molecule has 2 aliphatic heterocycles. The number of hydrogen-bond acceptors (Lipinski definition) is 5. The molecule has 0 amide bonds. The fourth-order valence-corrected chi connectivity index (χ4v) is 3.60. The zero-order valence-electron chi connectivity index (χ0n) is 14.1. The van der Waals surface area contributed by atoms with Crippen molar-refractivity contribution in [3.63, 3.8) is 0 Å². The second kappa shape index (κ2) is 6.75. The van der Waals surface area contributed by atoms with E-state index >= 15 is 0 Å². The number of ether oxygens (including phenoxy) is 2. The standard InChI is InChI=1S/C19H21ClN2O3/c1-21-6-8-22(9-7-21)19(13-2-4-14(20)5-3-13)15-10-17-18(11-16(15)23)25-12-24-17/h2-5,10-11,19,23H,6-9,12H2,1H3/t19-/m0/s1. The van der Waals surface area contributed by atoms with E-state index in [1.165, 1.54) is 0 Å². The van der Waals surface area contributed by atoms with Crippen molar-refractivity contribution in [3.05, 3.63) is 52.5 Å². The van der Waals surface area contributed by atoms with E-state index in [4.69, 9.17) is 21.1 Å². The van der Waals surface area contributed by atoms with Gasteiger partial charge in [0.1, 0.15) is 5.75 Å². The van der Waals surface area contributed by atoms with E-state index in [1.54, 1.807) is 6.07 Å². The van der Waals surface area contributed by atoms with Gasteiger partial charge in [0.2, 0.25) is 6.79 Å². The van der Waals surface area contributed by atoms with Crippen LogP contribution in [0.5, 0.6) is 17.2 Å². The zero-order chi connectivity index (χ0) is 17.4. The van der Waals surface area contributed by atoms with Crippen LogP contribution < -0.4 is 9.47 Å². The number of phenols is 1. The molecule has 132 valence electrons. The molecule has 0 radical (unpaired) electrons. The van der Waals surface area contributed by atoms with Crippen molar-refractivity contribution in [2.45, 2.75) is 6.04 Å². The lowest BCUT2D eigenvalue weighted by molar-refractivity contribution is 0.126. The summed E-state index contributed by atoms with van der Waals surface area (Å²) in [5.74, 6) is 1.50. The van der Waals surface area contributed by atoms with Crippen LogP contribution in [-0.4, -0.2) is 54.9 Å². The average Bonchev–Trinajstić information content (AvgIpc) is 3.05. The maximum Gasteiger partial charge on any atom is 0.231 e. The Morgan fingerprint density at radius 3 is 2.32 bits per heavy atom. The summed E-state index contributed by atoms with van der Waals surface area (Å²) in [6, 6.07) is 11.3. The highest BCUT2D eigenvalue weighted by Gasteiger charge is 2.29. The molecule has 1 atom stereocenters. The third-order valence-corrected chi connectivity index (χ3v) is 5.16. The summed E-state index contributed by atoms with van der Waals surface area (Å²) in [5, 5.41) is 11.3. The second-order valence-electron chi connectivity index (χ2n) is 6.56.